The Hall–Kier alpha value is -2.55. The molecule has 0 amide bonds. The van der Waals surface area contributed by atoms with Crippen LogP contribution in [-0.4, -0.2) is 0 Å². The highest BCUT2D eigenvalue weighted by Gasteiger charge is 2.23. The van der Waals surface area contributed by atoms with E-state index in [1.807, 2.05) is 36.4 Å². The first kappa shape index (κ1) is 13.1. The molecular formula is C19H11F3. The summed E-state index contributed by atoms with van der Waals surface area (Å²) in [5.41, 5.74) is 4.97. The number of hydrogen-bond donors (Lipinski definition) is 0. The Balaban J connectivity index is 1.96. The van der Waals surface area contributed by atoms with Crippen LogP contribution in [0.5, 0.6) is 0 Å². The second-order valence-electron chi connectivity index (χ2n) is 5.39. The molecule has 0 aliphatic heterocycles. The average molecular weight is 296 g/mol. The Bertz CT molecular complexity index is 897. The van der Waals surface area contributed by atoms with Crippen molar-refractivity contribution in [2.45, 2.75) is 6.42 Å². The molecule has 0 saturated carbocycles. The van der Waals surface area contributed by atoms with Crippen LogP contribution in [0.25, 0.3) is 22.3 Å². The van der Waals surface area contributed by atoms with Gasteiger partial charge in [0.25, 0.3) is 0 Å². The normalized spacial score (nSPS) is 12.1. The van der Waals surface area contributed by atoms with Gasteiger partial charge in [0.05, 0.1) is 0 Å². The molecular weight excluding hydrogens is 285 g/mol. The summed E-state index contributed by atoms with van der Waals surface area (Å²) in [4.78, 5) is 0. The zero-order chi connectivity index (χ0) is 15.3. The van der Waals surface area contributed by atoms with Gasteiger partial charge in [-0.2, -0.15) is 0 Å². The highest BCUT2D eigenvalue weighted by Crippen LogP contribution is 2.42. The van der Waals surface area contributed by atoms with Crippen molar-refractivity contribution >= 4 is 0 Å². The van der Waals surface area contributed by atoms with Gasteiger partial charge in [-0.05, 0) is 46.4 Å². The van der Waals surface area contributed by atoms with Crippen LogP contribution in [0, 0.1) is 17.5 Å². The molecule has 0 bridgehead atoms. The van der Waals surface area contributed by atoms with Gasteiger partial charge in [-0.1, -0.05) is 42.5 Å². The van der Waals surface area contributed by atoms with Crippen LogP contribution in [-0.2, 0) is 6.42 Å². The smallest absolute Gasteiger partial charge is 0.195 e. The van der Waals surface area contributed by atoms with Crippen molar-refractivity contribution in [3.8, 4) is 22.3 Å². The molecule has 0 unspecified atom stereocenters. The van der Waals surface area contributed by atoms with Crippen LogP contribution in [0.15, 0.2) is 54.6 Å². The molecule has 0 nitrogen and oxygen atoms in total. The topological polar surface area (TPSA) is 0 Å². The van der Waals surface area contributed by atoms with Crippen LogP contribution in [0.4, 0.5) is 13.2 Å². The van der Waals surface area contributed by atoms with Gasteiger partial charge >= 0.3 is 0 Å². The zero-order valence-electron chi connectivity index (χ0n) is 11.5. The summed E-state index contributed by atoms with van der Waals surface area (Å²) in [5, 5.41) is 0. The first-order chi connectivity index (χ1) is 10.7. The van der Waals surface area contributed by atoms with E-state index in [9.17, 15) is 13.2 Å². The molecule has 108 valence electrons. The minimum atomic E-state index is -1.43. The maximum Gasteiger partial charge on any atom is 0.195 e. The Labute approximate surface area is 125 Å². The van der Waals surface area contributed by atoms with Crippen molar-refractivity contribution in [3.05, 3.63) is 83.2 Å². The molecule has 4 rings (SSSR count). The van der Waals surface area contributed by atoms with E-state index in [-0.39, 0.29) is 5.56 Å². The summed E-state index contributed by atoms with van der Waals surface area (Å²) < 4.78 is 40.8. The van der Waals surface area contributed by atoms with E-state index in [4.69, 9.17) is 0 Å². The zero-order valence-corrected chi connectivity index (χ0v) is 11.5. The molecule has 0 atom stereocenters. The number of benzene rings is 3. The fourth-order valence-electron chi connectivity index (χ4n) is 3.14. The molecule has 0 N–H and O–H groups in total. The number of hydrogen-bond acceptors (Lipinski definition) is 0. The van der Waals surface area contributed by atoms with E-state index in [2.05, 4.69) is 0 Å². The Kier molecular flexibility index (Phi) is 2.83. The average Bonchev–Trinajstić information content (AvgIpc) is 2.92. The van der Waals surface area contributed by atoms with Gasteiger partial charge < -0.3 is 0 Å². The van der Waals surface area contributed by atoms with Crippen molar-refractivity contribution in [3.63, 3.8) is 0 Å². The summed E-state index contributed by atoms with van der Waals surface area (Å²) in [5.74, 6) is -3.73. The lowest BCUT2D eigenvalue weighted by atomic mass is 9.95. The van der Waals surface area contributed by atoms with Gasteiger partial charge in [0.1, 0.15) is 0 Å². The van der Waals surface area contributed by atoms with Crippen molar-refractivity contribution in [1.29, 1.82) is 0 Å². The van der Waals surface area contributed by atoms with Gasteiger partial charge in [0.2, 0.25) is 0 Å². The van der Waals surface area contributed by atoms with E-state index in [1.165, 1.54) is 6.07 Å². The minimum Gasteiger partial charge on any atom is -0.204 e. The predicted octanol–water partition coefficient (Wildman–Crippen LogP) is 5.34. The van der Waals surface area contributed by atoms with Crippen LogP contribution >= 0.6 is 0 Å². The summed E-state index contributed by atoms with van der Waals surface area (Å²) in [7, 11) is 0. The van der Waals surface area contributed by atoms with Gasteiger partial charge in [-0.25, -0.2) is 13.2 Å². The standard InChI is InChI=1S/C19H11F3/c20-17-9-8-15(18(21)19(17)22)14-7-3-6-13-12-5-2-1-4-11(12)10-16(13)14/h1-9H,10H2. The van der Waals surface area contributed by atoms with Crippen LogP contribution in [0.3, 0.4) is 0 Å². The second-order valence-corrected chi connectivity index (χ2v) is 5.39. The summed E-state index contributed by atoms with van der Waals surface area (Å²) in [6.07, 6.45) is 0.667. The second kappa shape index (κ2) is 4.73. The summed E-state index contributed by atoms with van der Waals surface area (Å²) in [6, 6.07) is 15.8. The molecule has 1 aliphatic rings. The first-order valence-electron chi connectivity index (χ1n) is 7.01. The molecule has 3 heteroatoms. The van der Waals surface area contributed by atoms with Crippen molar-refractivity contribution < 1.29 is 13.2 Å². The first-order valence-corrected chi connectivity index (χ1v) is 7.01. The maximum atomic E-state index is 14.1. The number of fused-ring (bicyclic) bond motifs is 3. The highest BCUT2D eigenvalue weighted by atomic mass is 19.2. The SMILES string of the molecule is Fc1ccc(-c2cccc3c2Cc2ccccc2-3)c(F)c1F. The Morgan fingerprint density at radius 2 is 1.27 bits per heavy atom. The maximum absolute atomic E-state index is 14.1. The monoisotopic (exact) mass is 296 g/mol. The summed E-state index contributed by atoms with van der Waals surface area (Å²) in [6.45, 7) is 0. The minimum absolute atomic E-state index is 0.101. The fourth-order valence-corrected chi connectivity index (χ4v) is 3.14. The molecule has 0 spiro atoms. The third-order valence-electron chi connectivity index (χ3n) is 4.18. The van der Waals surface area contributed by atoms with E-state index < -0.39 is 17.5 Å². The van der Waals surface area contributed by atoms with Crippen molar-refractivity contribution in [1.82, 2.24) is 0 Å². The van der Waals surface area contributed by atoms with E-state index in [0.29, 0.717) is 12.0 Å². The lowest BCUT2D eigenvalue weighted by molar-refractivity contribution is 0.449. The predicted molar refractivity (Wildman–Crippen MR) is 80.0 cm³/mol. The van der Waals surface area contributed by atoms with Crippen molar-refractivity contribution in [2.24, 2.45) is 0 Å². The lowest BCUT2D eigenvalue weighted by Gasteiger charge is -2.10. The Morgan fingerprint density at radius 1 is 0.591 bits per heavy atom. The fraction of sp³-hybridized carbons (Fsp3) is 0.0526. The molecule has 0 saturated heterocycles. The molecule has 3 aromatic rings. The van der Waals surface area contributed by atoms with E-state index >= 15 is 0 Å². The van der Waals surface area contributed by atoms with Gasteiger partial charge in [0, 0.05) is 5.56 Å². The number of rotatable bonds is 1. The third-order valence-corrected chi connectivity index (χ3v) is 4.18. The molecule has 3 aromatic carbocycles. The molecule has 0 aromatic heterocycles. The van der Waals surface area contributed by atoms with Crippen LogP contribution in [0.1, 0.15) is 11.1 Å². The molecule has 0 heterocycles. The third kappa shape index (κ3) is 1.78. The van der Waals surface area contributed by atoms with E-state index in [0.717, 1.165) is 28.3 Å². The molecule has 0 fully saturated rings. The van der Waals surface area contributed by atoms with Gasteiger partial charge in [-0.3, -0.25) is 0 Å². The van der Waals surface area contributed by atoms with Crippen LogP contribution < -0.4 is 0 Å². The Morgan fingerprint density at radius 3 is 2.09 bits per heavy atom. The van der Waals surface area contributed by atoms with Crippen molar-refractivity contribution in [2.75, 3.05) is 0 Å². The highest BCUT2D eigenvalue weighted by molar-refractivity contribution is 5.84. The lowest BCUT2D eigenvalue weighted by Crippen LogP contribution is -1.96. The molecule has 1 aliphatic carbocycles. The summed E-state index contributed by atoms with van der Waals surface area (Å²) >= 11 is 0. The van der Waals surface area contributed by atoms with Gasteiger partial charge in [-0.15, -0.1) is 0 Å². The quantitative estimate of drug-likeness (QED) is 0.416. The number of halogens is 3. The largest absolute Gasteiger partial charge is 0.204 e. The molecule has 22 heavy (non-hydrogen) atoms. The van der Waals surface area contributed by atoms with E-state index in [1.54, 1.807) is 6.07 Å². The van der Waals surface area contributed by atoms with Crippen LogP contribution in [0.2, 0.25) is 0 Å². The molecule has 0 radical (unpaired) electrons. The van der Waals surface area contributed by atoms with Gasteiger partial charge in [0.15, 0.2) is 17.5 Å².